The molecule has 0 atom stereocenters. The summed E-state index contributed by atoms with van der Waals surface area (Å²) < 4.78 is 37.3. The third-order valence-corrected chi connectivity index (χ3v) is 3.50. The fraction of sp³-hybridized carbons (Fsp3) is 0.231. The van der Waals surface area contributed by atoms with Crippen molar-refractivity contribution in [2.75, 3.05) is 10.6 Å². The zero-order chi connectivity index (χ0) is 17.0. The molecule has 0 saturated heterocycles. The maximum absolute atomic E-state index is 12.4. The van der Waals surface area contributed by atoms with Crippen LogP contribution in [0.2, 0.25) is 0 Å². The van der Waals surface area contributed by atoms with Gasteiger partial charge in [-0.2, -0.15) is 13.2 Å². The van der Waals surface area contributed by atoms with E-state index in [1.165, 1.54) is 12.1 Å². The van der Waals surface area contributed by atoms with Gasteiger partial charge in [0.15, 0.2) is 0 Å². The smallest absolute Gasteiger partial charge is 0.326 e. The van der Waals surface area contributed by atoms with Crippen LogP contribution < -0.4 is 10.6 Å². The van der Waals surface area contributed by atoms with Crippen LogP contribution in [-0.4, -0.2) is 22.0 Å². The van der Waals surface area contributed by atoms with Crippen LogP contribution in [0.5, 0.6) is 0 Å². The number of carbonyl (C=O) groups excluding carboxylic acids is 2. The Balaban J connectivity index is 2.10. The predicted octanol–water partition coefficient (Wildman–Crippen LogP) is 3.16. The summed E-state index contributed by atoms with van der Waals surface area (Å²) in [6, 6.07) is 6.01. The van der Waals surface area contributed by atoms with Gasteiger partial charge in [0.25, 0.3) is 5.91 Å². The van der Waals surface area contributed by atoms with Crippen LogP contribution in [0.4, 0.5) is 24.0 Å². The molecule has 10 heteroatoms. The number of nitrogens with zero attached hydrogens (tertiary/aromatic N) is 2. The molecule has 1 aromatic heterocycles. The molecule has 2 aromatic rings. The summed E-state index contributed by atoms with van der Waals surface area (Å²) in [5, 5.41) is 9.67. The number of anilines is 2. The first-order valence-electron chi connectivity index (χ1n) is 6.41. The Kier molecular flexibility index (Phi) is 4.94. The highest BCUT2D eigenvalue weighted by molar-refractivity contribution is 7.15. The lowest BCUT2D eigenvalue weighted by Gasteiger charge is -2.06. The van der Waals surface area contributed by atoms with Crippen molar-refractivity contribution in [3.63, 3.8) is 0 Å². The fourth-order valence-corrected chi connectivity index (χ4v) is 2.15. The van der Waals surface area contributed by atoms with Gasteiger partial charge in [0, 0.05) is 17.7 Å². The van der Waals surface area contributed by atoms with Crippen molar-refractivity contribution in [2.45, 2.75) is 19.5 Å². The predicted molar refractivity (Wildman–Crippen MR) is 78.2 cm³/mol. The Morgan fingerprint density at radius 2 is 1.96 bits per heavy atom. The maximum Gasteiger partial charge on any atom is 0.445 e. The number of halogens is 3. The van der Waals surface area contributed by atoms with E-state index in [0.717, 1.165) is 0 Å². The number of nitrogens with one attached hydrogen (secondary N) is 2. The van der Waals surface area contributed by atoms with E-state index in [4.69, 9.17) is 0 Å². The van der Waals surface area contributed by atoms with E-state index in [0.29, 0.717) is 5.69 Å². The number of aromatic nitrogens is 2. The summed E-state index contributed by atoms with van der Waals surface area (Å²) in [5.41, 5.74) is 0.584. The Hall–Kier alpha value is -2.49. The molecule has 0 radical (unpaired) electrons. The summed E-state index contributed by atoms with van der Waals surface area (Å²) in [7, 11) is 0. The summed E-state index contributed by atoms with van der Waals surface area (Å²) >= 11 is 0.232. The first-order valence-corrected chi connectivity index (χ1v) is 7.23. The number of hydrogen-bond acceptors (Lipinski definition) is 5. The number of carbonyl (C=O) groups is 2. The van der Waals surface area contributed by atoms with Gasteiger partial charge in [-0.05, 0) is 18.2 Å². The second-order valence-corrected chi connectivity index (χ2v) is 5.32. The van der Waals surface area contributed by atoms with E-state index < -0.39 is 17.1 Å². The number of hydrogen-bond donors (Lipinski definition) is 2. The van der Waals surface area contributed by atoms with Gasteiger partial charge in [-0.15, -0.1) is 10.2 Å². The molecule has 0 aliphatic carbocycles. The third-order valence-electron chi connectivity index (χ3n) is 2.62. The zero-order valence-corrected chi connectivity index (χ0v) is 12.6. The van der Waals surface area contributed by atoms with Crippen LogP contribution in [0.1, 0.15) is 28.7 Å². The molecule has 2 N–H and O–H groups in total. The van der Waals surface area contributed by atoms with E-state index in [9.17, 15) is 22.8 Å². The minimum Gasteiger partial charge on any atom is -0.326 e. The molecule has 1 heterocycles. The van der Waals surface area contributed by atoms with Gasteiger partial charge >= 0.3 is 6.18 Å². The van der Waals surface area contributed by atoms with Crippen LogP contribution >= 0.6 is 11.3 Å². The summed E-state index contributed by atoms with van der Waals surface area (Å²) in [6.07, 6.45) is -4.33. The molecule has 0 aliphatic rings. The van der Waals surface area contributed by atoms with Crippen LogP contribution in [0, 0.1) is 0 Å². The molecule has 0 bridgehead atoms. The SMILES string of the molecule is CCC(=O)Nc1cccc(C(=O)Nc2nnc(C(F)(F)F)s2)c1. The van der Waals surface area contributed by atoms with Crippen molar-refractivity contribution in [1.29, 1.82) is 0 Å². The van der Waals surface area contributed by atoms with Crippen LogP contribution in [0.3, 0.4) is 0 Å². The largest absolute Gasteiger partial charge is 0.445 e. The van der Waals surface area contributed by atoms with Crippen molar-refractivity contribution in [3.05, 3.63) is 34.8 Å². The molecule has 23 heavy (non-hydrogen) atoms. The average molecular weight is 344 g/mol. The fourth-order valence-electron chi connectivity index (χ4n) is 1.55. The van der Waals surface area contributed by atoms with Crippen LogP contribution in [0.15, 0.2) is 24.3 Å². The van der Waals surface area contributed by atoms with Gasteiger partial charge in [-0.1, -0.05) is 24.3 Å². The van der Waals surface area contributed by atoms with Gasteiger partial charge in [0.2, 0.25) is 16.0 Å². The minimum absolute atomic E-state index is 0.169. The van der Waals surface area contributed by atoms with Crippen molar-refractivity contribution in [3.8, 4) is 0 Å². The highest BCUT2D eigenvalue weighted by atomic mass is 32.1. The summed E-state index contributed by atoms with van der Waals surface area (Å²) in [6.45, 7) is 1.68. The molecule has 1 aromatic carbocycles. The topological polar surface area (TPSA) is 84.0 Å². The maximum atomic E-state index is 12.4. The van der Waals surface area contributed by atoms with Crippen molar-refractivity contribution in [2.24, 2.45) is 0 Å². The molecule has 0 saturated carbocycles. The number of alkyl halides is 3. The van der Waals surface area contributed by atoms with Gasteiger partial charge < -0.3 is 5.32 Å². The Bertz CT molecular complexity index is 730. The van der Waals surface area contributed by atoms with E-state index in [-0.39, 0.29) is 34.4 Å². The monoisotopic (exact) mass is 344 g/mol. The van der Waals surface area contributed by atoms with Crippen LogP contribution in [-0.2, 0) is 11.0 Å². The molecule has 2 rings (SSSR count). The lowest BCUT2D eigenvalue weighted by atomic mass is 10.2. The second kappa shape index (κ2) is 6.73. The number of rotatable bonds is 4. The molecule has 6 nitrogen and oxygen atoms in total. The summed E-state index contributed by atoms with van der Waals surface area (Å²) in [4.78, 5) is 23.3. The molecule has 0 spiro atoms. The average Bonchev–Trinajstić information content (AvgIpc) is 2.96. The summed E-state index contributed by atoms with van der Waals surface area (Å²) in [5.74, 6) is -0.871. The quantitative estimate of drug-likeness (QED) is 0.892. The van der Waals surface area contributed by atoms with E-state index in [2.05, 4.69) is 20.8 Å². The molecular formula is C13H11F3N4O2S. The number of amides is 2. The van der Waals surface area contributed by atoms with E-state index in [1.54, 1.807) is 19.1 Å². The standard InChI is InChI=1S/C13H11F3N4O2S/c1-2-9(21)17-8-5-3-4-7(6-8)10(22)18-12-20-19-11(23-12)13(14,15)16/h3-6H,2H2,1H3,(H,17,21)(H,18,20,22). The van der Waals surface area contributed by atoms with Crippen molar-refractivity contribution < 1.29 is 22.8 Å². The highest BCUT2D eigenvalue weighted by Gasteiger charge is 2.35. The lowest BCUT2D eigenvalue weighted by molar-refractivity contribution is -0.138. The molecule has 0 fully saturated rings. The number of benzene rings is 1. The van der Waals surface area contributed by atoms with Gasteiger partial charge in [0.1, 0.15) is 0 Å². The first-order chi connectivity index (χ1) is 10.8. The normalized spacial score (nSPS) is 11.1. The third kappa shape index (κ3) is 4.49. The lowest BCUT2D eigenvalue weighted by Crippen LogP contribution is -2.13. The Morgan fingerprint density at radius 1 is 1.22 bits per heavy atom. The molecular weight excluding hydrogens is 333 g/mol. The molecule has 122 valence electrons. The molecule has 2 amide bonds. The van der Waals surface area contributed by atoms with Gasteiger partial charge in [-0.3, -0.25) is 14.9 Å². The van der Waals surface area contributed by atoms with Crippen molar-refractivity contribution in [1.82, 2.24) is 10.2 Å². The zero-order valence-electron chi connectivity index (χ0n) is 11.8. The molecule has 0 unspecified atom stereocenters. The van der Waals surface area contributed by atoms with E-state index in [1.807, 2.05) is 0 Å². The van der Waals surface area contributed by atoms with Crippen molar-refractivity contribution >= 4 is 34.0 Å². The minimum atomic E-state index is -4.61. The Labute approximate surface area is 132 Å². The van der Waals surface area contributed by atoms with Gasteiger partial charge in [-0.25, -0.2) is 0 Å². The Morgan fingerprint density at radius 3 is 2.57 bits per heavy atom. The molecule has 0 aliphatic heterocycles. The van der Waals surface area contributed by atoms with E-state index >= 15 is 0 Å². The highest BCUT2D eigenvalue weighted by Crippen LogP contribution is 2.33. The first kappa shape index (κ1) is 16.9. The second-order valence-electron chi connectivity index (χ2n) is 4.35. The van der Waals surface area contributed by atoms with Crippen LogP contribution in [0.25, 0.3) is 0 Å². The van der Waals surface area contributed by atoms with Gasteiger partial charge in [0.05, 0.1) is 0 Å².